The smallest absolute Gasteiger partial charge is 0.369 e. The average Bonchev–Trinajstić information content (AvgIpc) is 3.15. The molecule has 3 fully saturated rings. The molecular formula is C23H22F3N7. The van der Waals surface area contributed by atoms with Gasteiger partial charge in [0.2, 0.25) is 0 Å². The van der Waals surface area contributed by atoms with E-state index in [0.29, 0.717) is 27.8 Å². The van der Waals surface area contributed by atoms with E-state index >= 15 is 0 Å². The standard InChI is InChI=1S/C23H22F3N7/c24-23(25,26)22-12-21(22,19-11-33(31-30-19)16-5-8-28-9-6-16)13-32(14-22)18-4-3-15(10-27)20-17(18)2-1-7-29-20/h1-4,7,11,16,28H,5-6,8-9,12-14H2/t21-,22-/m0/s1. The molecule has 3 aromatic rings. The molecule has 0 bridgehead atoms. The molecule has 2 saturated heterocycles. The van der Waals surface area contributed by atoms with Gasteiger partial charge in [-0.3, -0.25) is 4.98 Å². The van der Waals surface area contributed by atoms with Gasteiger partial charge >= 0.3 is 6.18 Å². The maximum absolute atomic E-state index is 14.5. The van der Waals surface area contributed by atoms with Crippen LogP contribution in [0.4, 0.5) is 18.9 Å². The summed E-state index contributed by atoms with van der Waals surface area (Å²) >= 11 is 0. The maximum atomic E-state index is 14.5. The molecule has 1 aliphatic carbocycles. The number of nitriles is 1. The van der Waals surface area contributed by atoms with Crippen molar-refractivity contribution in [1.82, 2.24) is 25.3 Å². The lowest BCUT2D eigenvalue weighted by molar-refractivity contribution is -0.186. The minimum Gasteiger partial charge on any atom is -0.369 e. The van der Waals surface area contributed by atoms with Crippen LogP contribution in [0.15, 0.2) is 36.7 Å². The van der Waals surface area contributed by atoms with Gasteiger partial charge in [0.15, 0.2) is 0 Å². The Bertz CT molecular complexity index is 1270. The highest BCUT2D eigenvalue weighted by molar-refractivity contribution is 5.95. The zero-order chi connectivity index (χ0) is 22.8. The summed E-state index contributed by atoms with van der Waals surface area (Å²) in [4.78, 5) is 6.09. The molecule has 33 heavy (non-hydrogen) atoms. The van der Waals surface area contributed by atoms with Crippen molar-refractivity contribution in [3.05, 3.63) is 47.9 Å². The summed E-state index contributed by atoms with van der Waals surface area (Å²) in [5.41, 5.74) is -0.958. The number of anilines is 1. The molecule has 170 valence electrons. The van der Waals surface area contributed by atoms with E-state index in [2.05, 4.69) is 26.7 Å². The number of benzene rings is 1. The fourth-order valence-corrected chi connectivity index (χ4v) is 5.91. The summed E-state index contributed by atoms with van der Waals surface area (Å²) in [5, 5.41) is 21.9. The Morgan fingerprint density at radius 1 is 1.15 bits per heavy atom. The van der Waals surface area contributed by atoms with Crippen molar-refractivity contribution < 1.29 is 13.2 Å². The van der Waals surface area contributed by atoms with E-state index in [9.17, 15) is 18.4 Å². The third kappa shape index (κ3) is 2.81. The lowest BCUT2D eigenvalue weighted by Gasteiger charge is -2.25. The number of fused-ring (bicyclic) bond motifs is 2. The second-order valence-electron chi connectivity index (χ2n) is 9.40. The minimum atomic E-state index is -4.36. The fraction of sp³-hybridized carbons (Fsp3) is 0.478. The second-order valence-corrected chi connectivity index (χ2v) is 9.40. The van der Waals surface area contributed by atoms with Gasteiger partial charge in [0.05, 0.1) is 33.6 Å². The molecule has 0 radical (unpaired) electrons. The molecular weight excluding hydrogens is 431 g/mol. The van der Waals surface area contributed by atoms with E-state index in [4.69, 9.17) is 0 Å². The third-order valence-electron chi connectivity index (χ3n) is 7.75. The highest BCUT2D eigenvalue weighted by Crippen LogP contribution is 2.75. The molecule has 2 aromatic heterocycles. The van der Waals surface area contributed by atoms with Gasteiger partial charge in [0.25, 0.3) is 0 Å². The topological polar surface area (TPSA) is 82.7 Å². The summed E-state index contributed by atoms with van der Waals surface area (Å²) in [7, 11) is 0. The molecule has 2 atom stereocenters. The van der Waals surface area contributed by atoms with E-state index in [1.165, 1.54) is 0 Å². The van der Waals surface area contributed by atoms with Crippen molar-refractivity contribution in [2.75, 3.05) is 31.1 Å². The first kappa shape index (κ1) is 20.4. The van der Waals surface area contributed by atoms with Crippen LogP contribution < -0.4 is 10.2 Å². The second kappa shape index (κ2) is 6.90. The zero-order valence-electron chi connectivity index (χ0n) is 17.8. The number of alkyl halides is 3. The van der Waals surface area contributed by atoms with Crippen LogP contribution in [0.2, 0.25) is 0 Å². The van der Waals surface area contributed by atoms with Crippen LogP contribution in [0.1, 0.15) is 36.6 Å². The summed E-state index contributed by atoms with van der Waals surface area (Å²) in [6, 6.07) is 9.19. The minimum absolute atomic E-state index is 0.0252. The van der Waals surface area contributed by atoms with Gasteiger partial charge in [-0.15, -0.1) is 5.10 Å². The normalized spacial score (nSPS) is 27.5. The summed E-state index contributed by atoms with van der Waals surface area (Å²) in [6.07, 6.45) is 0.767. The molecule has 1 N–H and O–H groups in total. The zero-order valence-corrected chi connectivity index (χ0v) is 17.8. The Labute approximate surface area is 188 Å². The van der Waals surface area contributed by atoms with Crippen LogP contribution in [0.25, 0.3) is 10.9 Å². The van der Waals surface area contributed by atoms with E-state index in [0.717, 1.165) is 25.9 Å². The number of hydrogen-bond donors (Lipinski definition) is 1. The van der Waals surface area contributed by atoms with Gasteiger partial charge in [-0.25, -0.2) is 4.68 Å². The Morgan fingerprint density at radius 3 is 2.73 bits per heavy atom. The quantitative estimate of drug-likeness (QED) is 0.655. The van der Waals surface area contributed by atoms with Crippen LogP contribution in [0.3, 0.4) is 0 Å². The number of nitrogens with one attached hydrogen (secondary N) is 1. The first-order valence-corrected chi connectivity index (χ1v) is 11.1. The maximum Gasteiger partial charge on any atom is 0.397 e. The van der Waals surface area contributed by atoms with Crippen molar-refractivity contribution in [2.45, 2.75) is 36.9 Å². The van der Waals surface area contributed by atoms with Gasteiger partial charge in [-0.1, -0.05) is 5.21 Å². The molecule has 0 spiro atoms. The summed E-state index contributed by atoms with van der Waals surface area (Å²) in [5.74, 6) is 0. The Morgan fingerprint density at radius 2 is 1.97 bits per heavy atom. The molecule has 4 heterocycles. The number of hydrogen-bond acceptors (Lipinski definition) is 6. The van der Waals surface area contributed by atoms with Crippen LogP contribution in [0.5, 0.6) is 0 Å². The predicted octanol–water partition coefficient (Wildman–Crippen LogP) is 3.33. The van der Waals surface area contributed by atoms with Crippen molar-refractivity contribution >= 4 is 16.6 Å². The molecule has 1 saturated carbocycles. The lowest BCUT2D eigenvalue weighted by Crippen LogP contribution is -2.34. The van der Waals surface area contributed by atoms with Crippen molar-refractivity contribution in [3.63, 3.8) is 0 Å². The Hall–Kier alpha value is -3.19. The highest BCUT2D eigenvalue weighted by Gasteiger charge is 2.84. The van der Waals surface area contributed by atoms with Crippen LogP contribution in [-0.2, 0) is 5.41 Å². The molecule has 3 aliphatic rings. The van der Waals surface area contributed by atoms with E-state index in [1.807, 2.05) is 6.07 Å². The molecule has 7 nitrogen and oxygen atoms in total. The largest absolute Gasteiger partial charge is 0.397 e. The Balaban J connectivity index is 1.40. The van der Waals surface area contributed by atoms with Gasteiger partial charge in [-0.05, 0) is 56.6 Å². The van der Waals surface area contributed by atoms with E-state index < -0.39 is 17.0 Å². The number of pyridine rings is 1. The van der Waals surface area contributed by atoms with Crippen LogP contribution in [-0.4, -0.2) is 52.3 Å². The van der Waals surface area contributed by atoms with Crippen LogP contribution in [0, 0.1) is 16.7 Å². The number of rotatable bonds is 3. The molecule has 0 unspecified atom stereocenters. The van der Waals surface area contributed by atoms with Gasteiger partial charge < -0.3 is 10.2 Å². The van der Waals surface area contributed by atoms with E-state index in [1.54, 1.807) is 40.2 Å². The molecule has 1 aromatic carbocycles. The number of aromatic nitrogens is 4. The van der Waals surface area contributed by atoms with Gasteiger partial charge in [0.1, 0.15) is 6.07 Å². The summed E-state index contributed by atoms with van der Waals surface area (Å²) in [6.45, 7) is 1.79. The number of piperidine rings is 2. The van der Waals surface area contributed by atoms with Crippen molar-refractivity contribution in [3.8, 4) is 6.07 Å². The SMILES string of the molecule is N#Cc1ccc(N2C[C@]3(c4cn(C5CCNCC5)nn4)C[C@]3(C(F)(F)F)C2)c2cccnc12. The molecule has 2 aliphatic heterocycles. The van der Waals surface area contributed by atoms with Crippen molar-refractivity contribution in [2.24, 2.45) is 5.41 Å². The number of nitrogens with zero attached hydrogens (tertiary/aromatic N) is 6. The van der Waals surface area contributed by atoms with Gasteiger partial charge in [0, 0.05) is 36.6 Å². The summed E-state index contributed by atoms with van der Waals surface area (Å²) < 4.78 is 45.1. The van der Waals surface area contributed by atoms with Crippen molar-refractivity contribution in [1.29, 1.82) is 5.26 Å². The monoisotopic (exact) mass is 453 g/mol. The first-order chi connectivity index (χ1) is 15.9. The lowest BCUT2D eigenvalue weighted by atomic mass is 9.93. The molecule has 6 rings (SSSR count). The fourth-order valence-electron chi connectivity index (χ4n) is 5.91. The van der Waals surface area contributed by atoms with Crippen LogP contribution >= 0.6 is 0 Å². The highest BCUT2D eigenvalue weighted by atomic mass is 19.4. The van der Waals surface area contributed by atoms with E-state index in [-0.39, 0.29) is 25.6 Å². The Kier molecular flexibility index (Phi) is 4.27. The predicted molar refractivity (Wildman–Crippen MR) is 115 cm³/mol. The first-order valence-electron chi connectivity index (χ1n) is 11.1. The molecule has 10 heteroatoms. The molecule has 0 amide bonds. The third-order valence-corrected chi connectivity index (χ3v) is 7.75. The average molecular weight is 453 g/mol. The number of halogens is 3. The van der Waals surface area contributed by atoms with Gasteiger partial charge in [-0.2, -0.15) is 18.4 Å².